The maximum Gasteiger partial charge on any atom is 0.176 e. The predicted octanol–water partition coefficient (Wildman–Crippen LogP) is 2.85. The van der Waals surface area contributed by atoms with Gasteiger partial charge in [-0.2, -0.15) is 5.26 Å². The number of nitrogens with zero attached hydrogens (tertiary/aromatic N) is 4. The molecule has 0 atom stereocenters. The van der Waals surface area contributed by atoms with E-state index in [9.17, 15) is 0 Å². The van der Waals surface area contributed by atoms with Crippen LogP contribution in [0.5, 0.6) is 0 Å². The Bertz CT molecular complexity index is 851. The molecule has 0 saturated carbocycles. The molecule has 2 N–H and O–H groups in total. The van der Waals surface area contributed by atoms with Gasteiger partial charge in [0, 0.05) is 12.7 Å². The fraction of sp³-hybridized carbons (Fsp3) is 0.0625. The van der Waals surface area contributed by atoms with Gasteiger partial charge < -0.3 is 10.6 Å². The normalized spacial score (nSPS) is 10.3. The van der Waals surface area contributed by atoms with Crippen LogP contribution in [0.2, 0.25) is 0 Å². The smallest absolute Gasteiger partial charge is 0.176 e. The van der Waals surface area contributed by atoms with E-state index in [1.807, 2.05) is 48.3 Å². The summed E-state index contributed by atoms with van der Waals surface area (Å²) in [6, 6.07) is 17.0. The lowest BCUT2D eigenvalue weighted by Crippen LogP contribution is -2.14. The third-order valence-electron chi connectivity index (χ3n) is 3.26. The molecule has 0 aliphatic heterocycles. The van der Waals surface area contributed by atoms with Gasteiger partial charge in [-0.05, 0) is 30.3 Å². The summed E-state index contributed by atoms with van der Waals surface area (Å²) in [6.45, 7) is 0. The van der Waals surface area contributed by atoms with Crippen molar-refractivity contribution in [3.8, 4) is 6.07 Å². The van der Waals surface area contributed by atoms with E-state index in [1.165, 1.54) is 0 Å². The molecule has 3 aromatic rings. The average molecular weight is 275 g/mol. The minimum Gasteiger partial charge on any atom is -0.381 e. The van der Waals surface area contributed by atoms with E-state index in [1.54, 1.807) is 12.1 Å². The van der Waals surface area contributed by atoms with Crippen molar-refractivity contribution in [2.45, 2.75) is 0 Å². The first kappa shape index (κ1) is 12.9. The number of nitrogens with two attached hydrogens (primary N) is 1. The second kappa shape index (κ2) is 5.10. The highest BCUT2D eigenvalue weighted by atomic mass is 15.2. The van der Waals surface area contributed by atoms with Gasteiger partial charge in [0.25, 0.3) is 0 Å². The molecule has 5 nitrogen and oxygen atoms in total. The van der Waals surface area contributed by atoms with Crippen molar-refractivity contribution < 1.29 is 0 Å². The van der Waals surface area contributed by atoms with Crippen LogP contribution in [0.15, 0.2) is 48.5 Å². The number of aromatic nitrogens is 2. The summed E-state index contributed by atoms with van der Waals surface area (Å²) in [5, 5.41) is 8.99. The van der Waals surface area contributed by atoms with E-state index < -0.39 is 0 Å². The highest BCUT2D eigenvalue weighted by molar-refractivity contribution is 5.81. The third-order valence-corrected chi connectivity index (χ3v) is 3.26. The molecule has 0 amide bonds. The molecule has 1 heterocycles. The minimum atomic E-state index is 0.360. The maximum atomic E-state index is 8.99. The van der Waals surface area contributed by atoms with Gasteiger partial charge in [0.15, 0.2) is 11.6 Å². The fourth-order valence-electron chi connectivity index (χ4n) is 2.16. The number of rotatable bonds is 2. The first-order valence-electron chi connectivity index (χ1n) is 6.45. The van der Waals surface area contributed by atoms with Crippen LogP contribution in [0.4, 0.5) is 17.3 Å². The van der Waals surface area contributed by atoms with E-state index in [0.29, 0.717) is 17.2 Å². The van der Waals surface area contributed by atoms with Crippen LogP contribution in [0.25, 0.3) is 11.0 Å². The van der Waals surface area contributed by atoms with Crippen molar-refractivity contribution in [1.29, 1.82) is 5.26 Å². The molecular formula is C16H13N5. The van der Waals surface area contributed by atoms with Crippen molar-refractivity contribution in [3.63, 3.8) is 0 Å². The van der Waals surface area contributed by atoms with Gasteiger partial charge in [-0.15, -0.1) is 0 Å². The van der Waals surface area contributed by atoms with E-state index in [4.69, 9.17) is 11.0 Å². The summed E-state index contributed by atoms with van der Waals surface area (Å²) in [6.07, 6.45) is 0. The third kappa shape index (κ3) is 2.35. The van der Waals surface area contributed by atoms with Crippen LogP contribution in [0, 0.1) is 11.3 Å². The minimum absolute atomic E-state index is 0.360. The van der Waals surface area contributed by atoms with E-state index >= 15 is 0 Å². The SMILES string of the molecule is CN(c1cccc(C#N)c1)c1nc2ccccc2nc1N. The quantitative estimate of drug-likeness (QED) is 0.778. The van der Waals surface area contributed by atoms with Gasteiger partial charge >= 0.3 is 0 Å². The number of anilines is 3. The molecular weight excluding hydrogens is 262 g/mol. The summed E-state index contributed by atoms with van der Waals surface area (Å²) in [4.78, 5) is 10.8. The van der Waals surface area contributed by atoms with Crippen LogP contribution >= 0.6 is 0 Å². The van der Waals surface area contributed by atoms with E-state index in [-0.39, 0.29) is 0 Å². The molecule has 0 aliphatic carbocycles. The zero-order valence-electron chi connectivity index (χ0n) is 11.5. The molecule has 0 fully saturated rings. The van der Waals surface area contributed by atoms with Crippen LogP contribution < -0.4 is 10.6 Å². The summed E-state index contributed by atoms with van der Waals surface area (Å²) >= 11 is 0. The Morgan fingerprint density at radius 1 is 1.05 bits per heavy atom. The summed E-state index contributed by atoms with van der Waals surface area (Å²) in [7, 11) is 1.85. The number of benzene rings is 2. The number of para-hydroxylation sites is 2. The van der Waals surface area contributed by atoms with Crippen molar-refractivity contribution in [2.75, 3.05) is 17.7 Å². The number of hydrogen-bond acceptors (Lipinski definition) is 5. The summed E-state index contributed by atoms with van der Waals surface area (Å²) < 4.78 is 0. The van der Waals surface area contributed by atoms with Gasteiger partial charge in [0.05, 0.1) is 22.7 Å². The van der Waals surface area contributed by atoms with Gasteiger partial charge in [0.1, 0.15) is 0 Å². The van der Waals surface area contributed by atoms with Crippen LogP contribution in [0.1, 0.15) is 5.56 Å². The van der Waals surface area contributed by atoms with Gasteiger partial charge in [0.2, 0.25) is 0 Å². The van der Waals surface area contributed by atoms with E-state index in [2.05, 4.69) is 16.0 Å². The van der Waals surface area contributed by atoms with E-state index in [0.717, 1.165) is 16.7 Å². The van der Waals surface area contributed by atoms with Crippen molar-refractivity contribution in [1.82, 2.24) is 9.97 Å². The lowest BCUT2D eigenvalue weighted by molar-refractivity contribution is 1.13. The molecule has 0 unspecified atom stereocenters. The number of nitriles is 1. The van der Waals surface area contributed by atoms with Gasteiger partial charge in [-0.1, -0.05) is 18.2 Å². The number of hydrogen-bond donors (Lipinski definition) is 1. The zero-order valence-corrected chi connectivity index (χ0v) is 11.5. The summed E-state index contributed by atoms with van der Waals surface area (Å²) in [5.74, 6) is 0.933. The first-order chi connectivity index (χ1) is 10.2. The Morgan fingerprint density at radius 2 is 1.76 bits per heavy atom. The van der Waals surface area contributed by atoms with Crippen molar-refractivity contribution >= 4 is 28.4 Å². The monoisotopic (exact) mass is 275 g/mol. The number of nitrogen functional groups attached to an aromatic ring is 1. The lowest BCUT2D eigenvalue weighted by atomic mass is 10.2. The van der Waals surface area contributed by atoms with Crippen molar-refractivity contribution in [2.24, 2.45) is 0 Å². The fourth-order valence-corrected chi connectivity index (χ4v) is 2.16. The molecule has 0 aliphatic rings. The number of fused-ring (bicyclic) bond motifs is 1. The average Bonchev–Trinajstić information content (AvgIpc) is 2.53. The molecule has 0 spiro atoms. The highest BCUT2D eigenvalue weighted by Gasteiger charge is 2.12. The van der Waals surface area contributed by atoms with Gasteiger partial charge in [-0.25, -0.2) is 9.97 Å². The molecule has 21 heavy (non-hydrogen) atoms. The standard InChI is InChI=1S/C16H13N5/c1-21(12-6-4-5-11(9-12)10-17)16-15(18)19-13-7-2-3-8-14(13)20-16/h2-9H,1H3,(H2,18,19). The molecule has 1 aromatic heterocycles. The molecule has 102 valence electrons. The first-order valence-corrected chi connectivity index (χ1v) is 6.45. The second-order valence-electron chi connectivity index (χ2n) is 4.64. The van der Waals surface area contributed by atoms with Gasteiger partial charge in [-0.3, -0.25) is 0 Å². The topological polar surface area (TPSA) is 78.8 Å². The zero-order chi connectivity index (χ0) is 14.8. The Kier molecular flexibility index (Phi) is 3.13. The molecule has 3 rings (SSSR count). The molecule has 0 radical (unpaired) electrons. The summed E-state index contributed by atoms with van der Waals surface area (Å²) in [5.41, 5.74) is 8.99. The van der Waals surface area contributed by atoms with Crippen LogP contribution in [0.3, 0.4) is 0 Å². The Hall–Kier alpha value is -3.13. The Morgan fingerprint density at radius 3 is 2.48 bits per heavy atom. The van der Waals surface area contributed by atoms with Crippen molar-refractivity contribution in [3.05, 3.63) is 54.1 Å². The Labute approximate surface area is 122 Å². The lowest BCUT2D eigenvalue weighted by Gasteiger charge is -2.20. The molecule has 5 heteroatoms. The highest BCUT2D eigenvalue weighted by Crippen LogP contribution is 2.28. The largest absolute Gasteiger partial charge is 0.381 e. The molecule has 2 aromatic carbocycles. The molecule has 0 saturated heterocycles. The van der Waals surface area contributed by atoms with Crippen LogP contribution in [-0.2, 0) is 0 Å². The van der Waals surface area contributed by atoms with Crippen LogP contribution in [-0.4, -0.2) is 17.0 Å². The predicted molar refractivity (Wildman–Crippen MR) is 83.2 cm³/mol. The maximum absolute atomic E-state index is 8.99. The molecule has 0 bridgehead atoms. The Balaban J connectivity index is 2.10. The second-order valence-corrected chi connectivity index (χ2v) is 4.64.